The fourth-order valence-corrected chi connectivity index (χ4v) is 1.97. The maximum atomic E-state index is 13.1. The van der Waals surface area contributed by atoms with E-state index in [4.69, 9.17) is 0 Å². The number of nitrogens with one attached hydrogen (secondary N) is 2. The SMILES string of the molecule is Cc1cccc(NC(=O)Nc2ccc(F)c(Br)c2)c1. The average Bonchev–Trinajstić information content (AvgIpc) is 2.34. The number of carbonyl (C=O) groups is 1. The van der Waals surface area contributed by atoms with Gasteiger partial charge in [-0.1, -0.05) is 12.1 Å². The van der Waals surface area contributed by atoms with Crippen molar-refractivity contribution < 1.29 is 9.18 Å². The summed E-state index contributed by atoms with van der Waals surface area (Å²) in [7, 11) is 0. The summed E-state index contributed by atoms with van der Waals surface area (Å²) < 4.78 is 13.4. The van der Waals surface area contributed by atoms with E-state index < -0.39 is 0 Å². The number of halogens is 2. The van der Waals surface area contributed by atoms with Crippen LogP contribution in [0.5, 0.6) is 0 Å². The van der Waals surface area contributed by atoms with Crippen LogP contribution < -0.4 is 10.6 Å². The lowest BCUT2D eigenvalue weighted by atomic mass is 10.2. The van der Waals surface area contributed by atoms with Gasteiger partial charge in [-0.25, -0.2) is 9.18 Å². The molecule has 0 saturated heterocycles. The minimum atomic E-state index is -0.371. The molecule has 98 valence electrons. The average molecular weight is 323 g/mol. The van der Waals surface area contributed by atoms with E-state index in [0.717, 1.165) is 5.56 Å². The monoisotopic (exact) mass is 322 g/mol. The highest BCUT2D eigenvalue weighted by Gasteiger charge is 2.05. The summed E-state index contributed by atoms with van der Waals surface area (Å²) >= 11 is 3.07. The van der Waals surface area contributed by atoms with Gasteiger partial charge < -0.3 is 10.6 Å². The Morgan fingerprint density at radius 1 is 1.11 bits per heavy atom. The zero-order chi connectivity index (χ0) is 13.8. The summed E-state index contributed by atoms with van der Waals surface area (Å²) in [5.41, 5.74) is 2.28. The first kappa shape index (κ1) is 13.5. The van der Waals surface area contributed by atoms with Crippen molar-refractivity contribution in [2.24, 2.45) is 0 Å². The zero-order valence-electron chi connectivity index (χ0n) is 10.2. The molecule has 0 atom stereocenters. The molecule has 0 heterocycles. The molecule has 0 fully saturated rings. The number of anilines is 2. The summed E-state index contributed by atoms with van der Waals surface area (Å²) in [4.78, 5) is 11.8. The molecule has 0 unspecified atom stereocenters. The molecule has 2 N–H and O–H groups in total. The van der Waals surface area contributed by atoms with Gasteiger partial charge in [0.15, 0.2) is 0 Å². The highest BCUT2D eigenvalue weighted by molar-refractivity contribution is 9.10. The first-order valence-electron chi connectivity index (χ1n) is 5.64. The summed E-state index contributed by atoms with van der Waals surface area (Å²) in [5, 5.41) is 5.34. The molecule has 2 aromatic rings. The standard InChI is InChI=1S/C14H12BrFN2O/c1-9-3-2-4-10(7-9)17-14(19)18-11-5-6-13(16)12(15)8-11/h2-8H,1H3,(H2,17,18,19). The van der Waals surface area contributed by atoms with Crippen LogP contribution in [0, 0.1) is 12.7 Å². The molecule has 0 aliphatic rings. The number of benzene rings is 2. The summed E-state index contributed by atoms with van der Waals surface area (Å²) in [5.74, 6) is -0.371. The molecule has 0 aliphatic heterocycles. The summed E-state index contributed by atoms with van der Waals surface area (Å²) in [6.45, 7) is 1.94. The minimum Gasteiger partial charge on any atom is -0.308 e. The largest absolute Gasteiger partial charge is 0.323 e. The highest BCUT2D eigenvalue weighted by atomic mass is 79.9. The smallest absolute Gasteiger partial charge is 0.308 e. The number of amides is 2. The summed E-state index contributed by atoms with van der Waals surface area (Å²) in [6, 6.07) is 11.4. The lowest BCUT2D eigenvalue weighted by Gasteiger charge is -2.08. The number of aryl methyl sites for hydroxylation is 1. The zero-order valence-corrected chi connectivity index (χ0v) is 11.8. The van der Waals surface area contributed by atoms with E-state index in [-0.39, 0.29) is 11.8 Å². The number of hydrogen-bond donors (Lipinski definition) is 2. The van der Waals surface area contributed by atoms with Gasteiger partial charge in [-0.2, -0.15) is 0 Å². The molecule has 0 spiro atoms. The van der Waals surface area contributed by atoms with E-state index in [2.05, 4.69) is 26.6 Å². The first-order chi connectivity index (χ1) is 9.04. The molecule has 2 aromatic carbocycles. The van der Waals surface area contributed by atoms with Gasteiger partial charge in [0.1, 0.15) is 5.82 Å². The second kappa shape index (κ2) is 5.84. The van der Waals surface area contributed by atoms with Crippen molar-refractivity contribution in [3.05, 3.63) is 58.3 Å². The molecule has 2 rings (SSSR count). The second-order valence-corrected chi connectivity index (χ2v) is 4.93. The van der Waals surface area contributed by atoms with Crippen molar-refractivity contribution in [3.8, 4) is 0 Å². The van der Waals surface area contributed by atoms with Crippen molar-refractivity contribution in [2.45, 2.75) is 6.92 Å². The molecule has 0 saturated carbocycles. The predicted octanol–water partition coefficient (Wildman–Crippen LogP) is 4.54. The minimum absolute atomic E-state index is 0.306. The number of rotatable bonds is 2. The quantitative estimate of drug-likeness (QED) is 0.837. The molecule has 3 nitrogen and oxygen atoms in total. The predicted molar refractivity (Wildman–Crippen MR) is 77.9 cm³/mol. The molecule has 19 heavy (non-hydrogen) atoms. The molecular weight excluding hydrogens is 311 g/mol. The molecular formula is C14H12BrFN2O. The Morgan fingerprint density at radius 3 is 2.42 bits per heavy atom. The Balaban J connectivity index is 2.03. The van der Waals surface area contributed by atoms with Gasteiger partial charge >= 0.3 is 6.03 Å². The maximum Gasteiger partial charge on any atom is 0.323 e. The molecule has 0 aromatic heterocycles. The molecule has 2 amide bonds. The second-order valence-electron chi connectivity index (χ2n) is 4.08. The van der Waals surface area contributed by atoms with Gasteiger partial charge in [0.25, 0.3) is 0 Å². The lowest BCUT2D eigenvalue weighted by Crippen LogP contribution is -2.19. The van der Waals surface area contributed by atoms with Gasteiger partial charge in [0.2, 0.25) is 0 Å². The van der Waals surface area contributed by atoms with Crippen LogP contribution in [0.25, 0.3) is 0 Å². The topological polar surface area (TPSA) is 41.1 Å². The normalized spacial score (nSPS) is 10.1. The fraction of sp³-hybridized carbons (Fsp3) is 0.0714. The molecule has 0 radical (unpaired) electrons. The molecule has 5 heteroatoms. The highest BCUT2D eigenvalue weighted by Crippen LogP contribution is 2.20. The van der Waals surface area contributed by atoms with Crippen LogP contribution in [0.1, 0.15) is 5.56 Å². The Morgan fingerprint density at radius 2 is 1.79 bits per heavy atom. The number of urea groups is 1. The van der Waals surface area contributed by atoms with E-state index in [0.29, 0.717) is 15.8 Å². The Kier molecular flexibility index (Phi) is 4.16. The Labute approximate surface area is 119 Å². The van der Waals surface area contributed by atoms with Crippen molar-refractivity contribution in [3.63, 3.8) is 0 Å². The van der Waals surface area contributed by atoms with Crippen LogP contribution in [-0.2, 0) is 0 Å². The first-order valence-corrected chi connectivity index (χ1v) is 6.43. The third-order valence-corrected chi connectivity index (χ3v) is 3.06. The van der Waals surface area contributed by atoms with Crippen LogP contribution >= 0.6 is 15.9 Å². The van der Waals surface area contributed by atoms with Gasteiger partial charge in [-0.15, -0.1) is 0 Å². The van der Waals surface area contributed by atoms with Gasteiger partial charge in [-0.05, 0) is 58.7 Å². The van der Waals surface area contributed by atoms with Crippen LogP contribution in [-0.4, -0.2) is 6.03 Å². The van der Waals surface area contributed by atoms with E-state index in [1.54, 1.807) is 6.07 Å². The number of carbonyl (C=O) groups excluding carboxylic acids is 1. The van der Waals surface area contributed by atoms with E-state index >= 15 is 0 Å². The molecule has 0 aliphatic carbocycles. The van der Waals surface area contributed by atoms with Gasteiger partial charge in [0, 0.05) is 11.4 Å². The van der Waals surface area contributed by atoms with Crippen LogP contribution in [0.4, 0.5) is 20.6 Å². The lowest BCUT2D eigenvalue weighted by molar-refractivity contribution is 0.262. The van der Waals surface area contributed by atoms with Crippen LogP contribution in [0.3, 0.4) is 0 Å². The van der Waals surface area contributed by atoms with Gasteiger partial charge in [0.05, 0.1) is 4.47 Å². The van der Waals surface area contributed by atoms with Crippen molar-refractivity contribution in [2.75, 3.05) is 10.6 Å². The number of hydrogen-bond acceptors (Lipinski definition) is 1. The van der Waals surface area contributed by atoms with Crippen molar-refractivity contribution in [1.29, 1.82) is 0 Å². The Hall–Kier alpha value is -1.88. The van der Waals surface area contributed by atoms with Crippen molar-refractivity contribution >= 4 is 33.3 Å². The Bertz CT molecular complexity index is 616. The fourth-order valence-electron chi connectivity index (χ4n) is 1.59. The van der Waals surface area contributed by atoms with E-state index in [1.165, 1.54) is 18.2 Å². The van der Waals surface area contributed by atoms with Gasteiger partial charge in [-0.3, -0.25) is 0 Å². The maximum absolute atomic E-state index is 13.1. The van der Waals surface area contributed by atoms with E-state index in [9.17, 15) is 9.18 Å². The summed E-state index contributed by atoms with van der Waals surface area (Å²) in [6.07, 6.45) is 0. The third-order valence-electron chi connectivity index (χ3n) is 2.45. The molecule has 0 bridgehead atoms. The third kappa shape index (κ3) is 3.79. The van der Waals surface area contributed by atoms with Crippen molar-refractivity contribution in [1.82, 2.24) is 0 Å². The van der Waals surface area contributed by atoms with Crippen LogP contribution in [0.2, 0.25) is 0 Å². The van der Waals surface area contributed by atoms with E-state index in [1.807, 2.05) is 25.1 Å². The van der Waals surface area contributed by atoms with Crippen LogP contribution in [0.15, 0.2) is 46.9 Å².